The van der Waals surface area contributed by atoms with E-state index in [0.717, 1.165) is 12.8 Å². The van der Waals surface area contributed by atoms with Gasteiger partial charge in [0.25, 0.3) is 0 Å². The summed E-state index contributed by atoms with van der Waals surface area (Å²) in [5, 5.41) is 14.7. The van der Waals surface area contributed by atoms with Crippen LogP contribution in [0.3, 0.4) is 0 Å². The van der Waals surface area contributed by atoms with Gasteiger partial charge in [-0.2, -0.15) is 0 Å². The van der Waals surface area contributed by atoms with Crippen molar-refractivity contribution in [1.82, 2.24) is 10.6 Å². The third kappa shape index (κ3) is 5.80. The molecule has 3 N–H and O–H groups in total. The smallest absolute Gasteiger partial charge is 0.315 e. The number of carboxylic acids is 1. The van der Waals surface area contributed by atoms with Crippen molar-refractivity contribution >= 4 is 12.0 Å². The molecule has 0 aromatic rings. The van der Waals surface area contributed by atoms with Crippen LogP contribution in [0.4, 0.5) is 4.79 Å². The molecule has 0 bridgehead atoms. The van der Waals surface area contributed by atoms with Gasteiger partial charge in [-0.25, -0.2) is 4.79 Å². The van der Waals surface area contributed by atoms with Gasteiger partial charge in [-0.05, 0) is 39.0 Å². The van der Waals surface area contributed by atoms with Crippen molar-refractivity contribution in [1.29, 1.82) is 0 Å². The summed E-state index contributed by atoms with van der Waals surface area (Å²) in [6.07, 6.45) is 6.23. The van der Waals surface area contributed by atoms with Crippen molar-refractivity contribution in [2.75, 3.05) is 0 Å². The molecular formula is C15H28N2O3. The molecule has 1 aliphatic carbocycles. The van der Waals surface area contributed by atoms with Crippen LogP contribution >= 0.6 is 0 Å². The fourth-order valence-corrected chi connectivity index (χ4v) is 2.88. The van der Waals surface area contributed by atoms with Crippen LogP contribution in [-0.2, 0) is 4.79 Å². The Morgan fingerprint density at radius 3 is 2.50 bits per heavy atom. The Kier molecular flexibility index (Phi) is 6.30. The van der Waals surface area contributed by atoms with E-state index in [1.807, 2.05) is 13.8 Å². The molecule has 116 valence electrons. The van der Waals surface area contributed by atoms with Crippen LogP contribution in [0.1, 0.15) is 65.7 Å². The molecule has 1 fully saturated rings. The highest BCUT2D eigenvalue weighted by Crippen LogP contribution is 2.26. The number of carbonyl (C=O) groups is 2. The number of nitrogens with one attached hydrogen (secondary N) is 2. The zero-order valence-corrected chi connectivity index (χ0v) is 12.9. The number of rotatable bonds is 6. The van der Waals surface area contributed by atoms with Gasteiger partial charge in [0.2, 0.25) is 0 Å². The van der Waals surface area contributed by atoms with Crippen LogP contribution in [0, 0.1) is 5.92 Å². The first-order chi connectivity index (χ1) is 9.34. The molecule has 0 spiro atoms. The number of hydrogen-bond donors (Lipinski definition) is 3. The first kappa shape index (κ1) is 16.8. The zero-order valence-electron chi connectivity index (χ0n) is 12.9. The summed E-state index contributed by atoms with van der Waals surface area (Å²) in [4.78, 5) is 22.7. The van der Waals surface area contributed by atoms with Crippen molar-refractivity contribution in [2.45, 2.75) is 77.3 Å². The fraction of sp³-hybridized carbons (Fsp3) is 0.867. The second-order valence-electron chi connectivity index (χ2n) is 6.44. The lowest BCUT2D eigenvalue weighted by Crippen LogP contribution is -2.53. The summed E-state index contributed by atoms with van der Waals surface area (Å²) < 4.78 is 0. The molecule has 0 radical (unpaired) electrons. The molecule has 2 amide bonds. The van der Waals surface area contributed by atoms with E-state index in [9.17, 15) is 9.59 Å². The quantitative estimate of drug-likeness (QED) is 0.701. The van der Waals surface area contributed by atoms with Gasteiger partial charge in [0, 0.05) is 18.0 Å². The lowest BCUT2D eigenvalue weighted by Gasteiger charge is -2.33. The topological polar surface area (TPSA) is 78.4 Å². The van der Waals surface area contributed by atoms with E-state index in [1.165, 1.54) is 19.3 Å². The van der Waals surface area contributed by atoms with Crippen molar-refractivity contribution in [3.63, 3.8) is 0 Å². The number of carboxylic acid groups (broad SMARTS) is 1. The Hall–Kier alpha value is -1.26. The van der Waals surface area contributed by atoms with Crippen molar-refractivity contribution < 1.29 is 14.7 Å². The molecule has 0 saturated heterocycles. The van der Waals surface area contributed by atoms with E-state index in [0.29, 0.717) is 12.3 Å². The highest BCUT2D eigenvalue weighted by atomic mass is 16.4. The third-order valence-corrected chi connectivity index (χ3v) is 4.17. The Morgan fingerprint density at radius 1 is 1.25 bits per heavy atom. The number of amides is 2. The van der Waals surface area contributed by atoms with Gasteiger partial charge in [0.05, 0.1) is 0 Å². The summed E-state index contributed by atoms with van der Waals surface area (Å²) in [5.41, 5.74) is -0.501. The van der Waals surface area contributed by atoms with Gasteiger partial charge in [-0.15, -0.1) is 0 Å². The number of aliphatic carboxylic acids is 1. The van der Waals surface area contributed by atoms with Crippen LogP contribution in [0.15, 0.2) is 0 Å². The van der Waals surface area contributed by atoms with E-state index in [4.69, 9.17) is 5.11 Å². The lowest BCUT2D eigenvalue weighted by molar-refractivity contribution is -0.137. The van der Waals surface area contributed by atoms with Gasteiger partial charge in [0.15, 0.2) is 0 Å². The summed E-state index contributed by atoms with van der Waals surface area (Å²) in [7, 11) is 0. The SMILES string of the molecule is CCC1CCCCC1NC(=O)NC(C)(C)CCC(=O)O. The third-order valence-electron chi connectivity index (χ3n) is 4.17. The molecule has 2 unspecified atom stereocenters. The number of urea groups is 1. The average molecular weight is 284 g/mol. The highest BCUT2D eigenvalue weighted by molar-refractivity contribution is 5.75. The molecule has 5 heteroatoms. The van der Waals surface area contributed by atoms with Gasteiger partial charge in [-0.3, -0.25) is 4.79 Å². The van der Waals surface area contributed by atoms with Crippen LogP contribution in [0.5, 0.6) is 0 Å². The summed E-state index contributed by atoms with van der Waals surface area (Å²) >= 11 is 0. The second kappa shape index (κ2) is 7.50. The van der Waals surface area contributed by atoms with E-state index in [1.54, 1.807) is 0 Å². The van der Waals surface area contributed by atoms with E-state index in [-0.39, 0.29) is 18.5 Å². The number of carbonyl (C=O) groups excluding carboxylic acids is 1. The minimum Gasteiger partial charge on any atom is -0.481 e. The van der Waals surface area contributed by atoms with Crippen LogP contribution in [-0.4, -0.2) is 28.7 Å². The van der Waals surface area contributed by atoms with Crippen LogP contribution < -0.4 is 10.6 Å². The largest absolute Gasteiger partial charge is 0.481 e. The van der Waals surface area contributed by atoms with Crippen molar-refractivity contribution in [3.8, 4) is 0 Å². The summed E-state index contributed by atoms with van der Waals surface area (Å²) in [5.74, 6) is -0.268. The highest BCUT2D eigenvalue weighted by Gasteiger charge is 2.27. The Morgan fingerprint density at radius 2 is 1.90 bits per heavy atom. The predicted octanol–water partition coefficient (Wildman–Crippen LogP) is 2.90. The molecule has 0 aromatic heterocycles. The van der Waals surface area contributed by atoms with Gasteiger partial charge < -0.3 is 15.7 Å². The normalized spacial score (nSPS) is 23.1. The monoisotopic (exact) mass is 284 g/mol. The molecule has 0 aromatic carbocycles. The second-order valence-corrected chi connectivity index (χ2v) is 6.44. The maximum Gasteiger partial charge on any atom is 0.315 e. The van der Waals surface area contributed by atoms with Crippen molar-refractivity contribution in [2.24, 2.45) is 5.92 Å². The zero-order chi connectivity index (χ0) is 15.2. The molecule has 1 aliphatic rings. The Balaban J connectivity index is 2.43. The van der Waals surface area contributed by atoms with E-state index in [2.05, 4.69) is 17.6 Å². The Bertz CT molecular complexity index is 342. The minimum absolute atomic E-state index is 0.0638. The van der Waals surface area contributed by atoms with Crippen LogP contribution in [0.2, 0.25) is 0 Å². The molecule has 2 atom stereocenters. The first-order valence-corrected chi connectivity index (χ1v) is 7.64. The molecule has 5 nitrogen and oxygen atoms in total. The maximum atomic E-state index is 12.1. The molecular weight excluding hydrogens is 256 g/mol. The first-order valence-electron chi connectivity index (χ1n) is 7.64. The van der Waals surface area contributed by atoms with E-state index < -0.39 is 11.5 Å². The predicted molar refractivity (Wildman–Crippen MR) is 78.7 cm³/mol. The molecule has 1 rings (SSSR count). The van der Waals surface area contributed by atoms with Crippen molar-refractivity contribution in [3.05, 3.63) is 0 Å². The summed E-state index contributed by atoms with van der Waals surface area (Å²) in [6.45, 7) is 5.88. The van der Waals surface area contributed by atoms with E-state index >= 15 is 0 Å². The average Bonchev–Trinajstić information content (AvgIpc) is 2.36. The maximum absolute atomic E-state index is 12.1. The molecule has 1 saturated carbocycles. The standard InChI is InChI=1S/C15H28N2O3/c1-4-11-7-5-6-8-12(11)16-14(20)17-15(2,3)10-9-13(18)19/h11-12H,4-10H2,1-3H3,(H,18,19)(H2,16,17,20). The molecule has 20 heavy (non-hydrogen) atoms. The molecule has 0 aliphatic heterocycles. The Labute approximate surface area is 121 Å². The lowest BCUT2D eigenvalue weighted by atomic mass is 9.83. The fourth-order valence-electron chi connectivity index (χ4n) is 2.88. The minimum atomic E-state index is -0.835. The number of hydrogen-bond acceptors (Lipinski definition) is 2. The van der Waals surface area contributed by atoms with Gasteiger partial charge in [0.1, 0.15) is 0 Å². The summed E-state index contributed by atoms with van der Waals surface area (Å²) in [6, 6.07) is 0.0785. The van der Waals surface area contributed by atoms with Crippen LogP contribution in [0.25, 0.3) is 0 Å². The molecule has 0 heterocycles. The van der Waals surface area contributed by atoms with Gasteiger partial charge in [-0.1, -0.05) is 26.2 Å². The van der Waals surface area contributed by atoms with Gasteiger partial charge >= 0.3 is 12.0 Å².